The van der Waals surface area contributed by atoms with E-state index in [0.29, 0.717) is 13.1 Å². The van der Waals surface area contributed by atoms with Crippen molar-refractivity contribution >= 4 is 15.9 Å². The van der Waals surface area contributed by atoms with E-state index >= 15 is 0 Å². The Bertz CT molecular complexity index is 570. The van der Waals surface area contributed by atoms with Crippen molar-refractivity contribution in [3.8, 4) is 5.75 Å². The van der Waals surface area contributed by atoms with Gasteiger partial charge in [0.15, 0.2) is 0 Å². The number of halogens is 1. The van der Waals surface area contributed by atoms with Crippen LogP contribution in [0.15, 0.2) is 53.0 Å². The second-order valence-electron chi connectivity index (χ2n) is 5.02. The van der Waals surface area contributed by atoms with Crippen LogP contribution in [0, 0.1) is 0 Å². The summed E-state index contributed by atoms with van der Waals surface area (Å²) in [6, 6.07) is 14.8. The molecule has 20 heavy (non-hydrogen) atoms. The fourth-order valence-corrected chi connectivity index (χ4v) is 2.44. The maximum absolute atomic E-state index is 10.5. The third-order valence-electron chi connectivity index (χ3n) is 3.22. The first-order chi connectivity index (χ1) is 9.49. The number of benzene rings is 2. The van der Waals surface area contributed by atoms with Crippen molar-refractivity contribution in [1.82, 2.24) is 5.32 Å². The number of hydrogen-bond acceptors (Lipinski definition) is 3. The summed E-state index contributed by atoms with van der Waals surface area (Å²) in [7, 11) is 0. The summed E-state index contributed by atoms with van der Waals surface area (Å²) in [6.07, 6.45) is 0. The molecule has 1 atom stereocenters. The van der Waals surface area contributed by atoms with E-state index in [9.17, 15) is 10.2 Å². The lowest BCUT2D eigenvalue weighted by Gasteiger charge is -2.24. The number of aromatic hydroxyl groups is 1. The number of phenolic OH excluding ortho intramolecular Hbond substituents is 1. The van der Waals surface area contributed by atoms with Gasteiger partial charge in [-0.05, 0) is 30.7 Å². The highest BCUT2D eigenvalue weighted by Crippen LogP contribution is 2.23. The van der Waals surface area contributed by atoms with Crippen LogP contribution in [0.25, 0.3) is 0 Å². The summed E-state index contributed by atoms with van der Waals surface area (Å²) in [5.41, 5.74) is 0.720. The van der Waals surface area contributed by atoms with Crippen LogP contribution < -0.4 is 5.32 Å². The van der Waals surface area contributed by atoms with Gasteiger partial charge in [0.05, 0.1) is 5.60 Å². The molecule has 0 saturated heterocycles. The number of aliphatic hydroxyl groups is 1. The minimum Gasteiger partial charge on any atom is -0.508 e. The monoisotopic (exact) mass is 335 g/mol. The van der Waals surface area contributed by atoms with E-state index in [0.717, 1.165) is 15.6 Å². The molecule has 0 amide bonds. The van der Waals surface area contributed by atoms with E-state index in [2.05, 4.69) is 21.2 Å². The Balaban J connectivity index is 1.97. The Labute approximate surface area is 127 Å². The Kier molecular flexibility index (Phi) is 4.81. The Morgan fingerprint density at radius 1 is 1.15 bits per heavy atom. The number of hydrogen-bond donors (Lipinski definition) is 3. The molecule has 0 saturated carbocycles. The van der Waals surface area contributed by atoms with Gasteiger partial charge in [0.1, 0.15) is 5.75 Å². The maximum Gasteiger partial charge on any atom is 0.120 e. The molecule has 1 unspecified atom stereocenters. The zero-order valence-electron chi connectivity index (χ0n) is 11.3. The van der Waals surface area contributed by atoms with Crippen molar-refractivity contribution in [3.63, 3.8) is 0 Å². The molecule has 2 rings (SSSR count). The smallest absolute Gasteiger partial charge is 0.120 e. The van der Waals surface area contributed by atoms with Crippen LogP contribution in [-0.2, 0) is 12.1 Å². The molecule has 0 spiro atoms. The molecule has 4 heteroatoms. The van der Waals surface area contributed by atoms with Crippen molar-refractivity contribution in [2.24, 2.45) is 0 Å². The lowest BCUT2D eigenvalue weighted by molar-refractivity contribution is 0.0566. The first kappa shape index (κ1) is 15.0. The molecule has 3 nitrogen and oxygen atoms in total. The number of nitrogens with one attached hydrogen (secondary N) is 1. The van der Waals surface area contributed by atoms with Gasteiger partial charge in [-0.3, -0.25) is 0 Å². The summed E-state index contributed by atoms with van der Waals surface area (Å²) in [5.74, 6) is 0.250. The fraction of sp³-hybridized carbons (Fsp3) is 0.250. The van der Waals surface area contributed by atoms with Gasteiger partial charge in [0.25, 0.3) is 0 Å². The molecule has 0 aliphatic rings. The molecule has 0 aliphatic carbocycles. The molecule has 0 heterocycles. The summed E-state index contributed by atoms with van der Waals surface area (Å²) in [6.45, 7) is 2.67. The van der Waals surface area contributed by atoms with Crippen LogP contribution >= 0.6 is 15.9 Å². The standard InChI is InChI=1S/C16H18BrNO2/c1-16(20,13-5-3-2-4-6-13)11-18-10-12-9-14(17)7-8-15(12)19/h2-9,18-20H,10-11H2,1H3. The van der Waals surface area contributed by atoms with Crippen LogP contribution in [0.3, 0.4) is 0 Å². The third kappa shape index (κ3) is 3.82. The van der Waals surface area contributed by atoms with Gasteiger partial charge in [-0.25, -0.2) is 0 Å². The molecule has 0 fully saturated rings. The minimum absolute atomic E-state index is 0.250. The van der Waals surface area contributed by atoms with E-state index in [1.807, 2.05) is 36.4 Å². The van der Waals surface area contributed by atoms with Crippen molar-refractivity contribution in [3.05, 3.63) is 64.1 Å². The average molecular weight is 336 g/mol. The topological polar surface area (TPSA) is 52.5 Å². The molecule has 2 aromatic carbocycles. The molecule has 2 aromatic rings. The summed E-state index contributed by atoms with van der Waals surface area (Å²) in [5, 5.41) is 23.4. The third-order valence-corrected chi connectivity index (χ3v) is 3.72. The van der Waals surface area contributed by atoms with Gasteiger partial charge in [-0.2, -0.15) is 0 Å². The first-order valence-corrected chi connectivity index (χ1v) is 7.24. The fourth-order valence-electron chi connectivity index (χ4n) is 2.04. The second-order valence-corrected chi connectivity index (χ2v) is 5.93. The molecular weight excluding hydrogens is 318 g/mol. The number of rotatable bonds is 5. The van der Waals surface area contributed by atoms with Gasteiger partial charge in [-0.1, -0.05) is 46.3 Å². The van der Waals surface area contributed by atoms with Crippen LogP contribution in [-0.4, -0.2) is 16.8 Å². The van der Waals surface area contributed by atoms with Gasteiger partial charge in [0, 0.05) is 23.1 Å². The minimum atomic E-state index is -0.942. The molecule has 0 bridgehead atoms. The van der Waals surface area contributed by atoms with Crippen LogP contribution in [0.2, 0.25) is 0 Å². The van der Waals surface area contributed by atoms with Crippen molar-refractivity contribution in [2.75, 3.05) is 6.54 Å². The Hall–Kier alpha value is -1.36. The van der Waals surface area contributed by atoms with Crippen molar-refractivity contribution < 1.29 is 10.2 Å². The number of phenols is 1. The normalized spacial score (nSPS) is 13.9. The predicted molar refractivity (Wildman–Crippen MR) is 83.5 cm³/mol. The highest BCUT2D eigenvalue weighted by Gasteiger charge is 2.22. The first-order valence-electron chi connectivity index (χ1n) is 6.45. The SMILES string of the molecule is CC(O)(CNCc1cc(Br)ccc1O)c1ccccc1. The van der Waals surface area contributed by atoms with E-state index in [1.54, 1.807) is 19.1 Å². The molecule has 0 radical (unpaired) electrons. The van der Waals surface area contributed by atoms with Gasteiger partial charge >= 0.3 is 0 Å². The maximum atomic E-state index is 10.5. The quantitative estimate of drug-likeness (QED) is 0.786. The molecule has 3 N–H and O–H groups in total. The highest BCUT2D eigenvalue weighted by molar-refractivity contribution is 9.10. The van der Waals surface area contributed by atoms with E-state index in [4.69, 9.17) is 0 Å². The van der Waals surface area contributed by atoms with E-state index < -0.39 is 5.60 Å². The zero-order valence-corrected chi connectivity index (χ0v) is 12.9. The average Bonchev–Trinajstić information content (AvgIpc) is 2.43. The largest absolute Gasteiger partial charge is 0.508 e. The Morgan fingerprint density at radius 3 is 2.55 bits per heavy atom. The van der Waals surface area contributed by atoms with Gasteiger partial charge in [0.2, 0.25) is 0 Å². The molecule has 106 valence electrons. The highest BCUT2D eigenvalue weighted by atomic mass is 79.9. The Morgan fingerprint density at radius 2 is 1.85 bits per heavy atom. The van der Waals surface area contributed by atoms with Crippen molar-refractivity contribution in [2.45, 2.75) is 19.1 Å². The predicted octanol–water partition coefficient (Wildman–Crippen LogP) is 3.15. The van der Waals surface area contributed by atoms with Gasteiger partial charge in [-0.15, -0.1) is 0 Å². The molecule has 0 aliphatic heterocycles. The van der Waals surface area contributed by atoms with E-state index in [-0.39, 0.29) is 5.75 Å². The van der Waals surface area contributed by atoms with Crippen LogP contribution in [0.4, 0.5) is 0 Å². The van der Waals surface area contributed by atoms with Gasteiger partial charge < -0.3 is 15.5 Å². The summed E-state index contributed by atoms with van der Waals surface area (Å²) < 4.78 is 0.918. The lowest BCUT2D eigenvalue weighted by Crippen LogP contribution is -2.35. The molecular formula is C16H18BrNO2. The lowest BCUT2D eigenvalue weighted by atomic mass is 9.96. The second kappa shape index (κ2) is 6.39. The summed E-state index contributed by atoms with van der Waals surface area (Å²) >= 11 is 3.38. The van der Waals surface area contributed by atoms with Crippen LogP contribution in [0.1, 0.15) is 18.1 Å². The summed E-state index contributed by atoms with van der Waals surface area (Å²) in [4.78, 5) is 0. The zero-order chi connectivity index (χ0) is 14.6. The van der Waals surface area contributed by atoms with E-state index in [1.165, 1.54) is 0 Å². The van der Waals surface area contributed by atoms with Crippen LogP contribution in [0.5, 0.6) is 5.75 Å². The van der Waals surface area contributed by atoms with Crippen molar-refractivity contribution in [1.29, 1.82) is 0 Å². The molecule has 0 aromatic heterocycles.